The summed E-state index contributed by atoms with van der Waals surface area (Å²) in [7, 11) is -0.657. The molecular formula is C18H16NO6P. The van der Waals surface area contributed by atoms with Gasteiger partial charge in [-0.2, -0.15) is 0 Å². The number of carboxylic acids is 1. The van der Waals surface area contributed by atoms with E-state index in [4.69, 9.17) is 9.84 Å². The molecule has 0 heterocycles. The van der Waals surface area contributed by atoms with Crippen molar-refractivity contribution in [3.05, 3.63) is 59.7 Å². The standard InChI is InChI=1S/C18H16NO6P/c20-17(21)16(10-25-26-23)19-18(22)24-9-15-13-7-3-1-5-11(13)12-6-2-4-8-14(12)15/h1-8,15-16H,9-10H2,(H,19,22)(H,20,21)/t16-/m0/s1. The van der Waals surface area contributed by atoms with Crippen LogP contribution in [0.1, 0.15) is 17.0 Å². The van der Waals surface area contributed by atoms with Crippen LogP contribution in [0.2, 0.25) is 0 Å². The minimum atomic E-state index is -1.34. The summed E-state index contributed by atoms with van der Waals surface area (Å²) in [6, 6.07) is 14.5. The van der Waals surface area contributed by atoms with Gasteiger partial charge in [-0.1, -0.05) is 48.5 Å². The molecule has 0 spiro atoms. The van der Waals surface area contributed by atoms with E-state index in [0.29, 0.717) is 0 Å². The molecule has 2 N–H and O–H groups in total. The Morgan fingerprint density at radius 1 is 1.08 bits per heavy atom. The van der Waals surface area contributed by atoms with Gasteiger partial charge in [-0.25, -0.2) is 14.2 Å². The second-order valence-corrected chi connectivity index (χ2v) is 6.14. The van der Waals surface area contributed by atoms with Crippen LogP contribution in [-0.2, 0) is 18.6 Å². The van der Waals surface area contributed by atoms with E-state index in [1.54, 1.807) is 0 Å². The van der Waals surface area contributed by atoms with Gasteiger partial charge < -0.3 is 15.2 Å². The van der Waals surface area contributed by atoms with Crippen molar-refractivity contribution in [1.29, 1.82) is 0 Å². The maximum Gasteiger partial charge on any atom is 0.407 e. The molecule has 0 saturated heterocycles. The van der Waals surface area contributed by atoms with Gasteiger partial charge in [0.1, 0.15) is 6.61 Å². The summed E-state index contributed by atoms with van der Waals surface area (Å²) in [5.41, 5.74) is 4.32. The van der Waals surface area contributed by atoms with Crippen LogP contribution in [0.3, 0.4) is 0 Å². The number of carbonyl (C=O) groups excluding carboxylic acids is 1. The fourth-order valence-corrected chi connectivity index (χ4v) is 3.27. The molecule has 26 heavy (non-hydrogen) atoms. The van der Waals surface area contributed by atoms with Gasteiger partial charge in [0.2, 0.25) is 0 Å². The molecule has 0 saturated carbocycles. The van der Waals surface area contributed by atoms with E-state index in [-0.39, 0.29) is 12.5 Å². The van der Waals surface area contributed by atoms with Gasteiger partial charge in [0, 0.05) is 5.92 Å². The van der Waals surface area contributed by atoms with E-state index in [1.165, 1.54) is 0 Å². The van der Waals surface area contributed by atoms with Gasteiger partial charge in [-0.05, 0) is 22.3 Å². The van der Waals surface area contributed by atoms with Crippen LogP contribution in [0.25, 0.3) is 11.1 Å². The van der Waals surface area contributed by atoms with Crippen molar-refractivity contribution in [2.45, 2.75) is 12.0 Å². The lowest BCUT2D eigenvalue weighted by Gasteiger charge is -2.16. The highest BCUT2D eigenvalue weighted by atomic mass is 31.1. The maximum atomic E-state index is 12.0. The molecule has 7 nitrogen and oxygen atoms in total. The second-order valence-electron chi connectivity index (χ2n) is 5.73. The van der Waals surface area contributed by atoms with Crippen molar-refractivity contribution in [2.75, 3.05) is 13.2 Å². The number of carboxylic acid groups (broad SMARTS) is 1. The molecule has 1 atom stereocenters. The number of ether oxygens (including phenoxy) is 1. The van der Waals surface area contributed by atoms with Crippen LogP contribution < -0.4 is 5.32 Å². The van der Waals surface area contributed by atoms with E-state index in [2.05, 4.69) is 9.84 Å². The summed E-state index contributed by atoms with van der Waals surface area (Å²) in [6.07, 6.45) is -0.870. The van der Waals surface area contributed by atoms with Gasteiger partial charge in [-0.3, -0.25) is 4.52 Å². The van der Waals surface area contributed by atoms with E-state index in [0.717, 1.165) is 22.3 Å². The summed E-state index contributed by atoms with van der Waals surface area (Å²) in [5, 5.41) is 11.2. The lowest BCUT2D eigenvalue weighted by Crippen LogP contribution is -2.44. The van der Waals surface area contributed by atoms with Crippen molar-refractivity contribution >= 4 is 20.7 Å². The molecule has 0 radical (unpaired) electrons. The molecule has 134 valence electrons. The molecule has 8 heteroatoms. The third-order valence-corrected chi connectivity index (χ3v) is 4.48. The summed E-state index contributed by atoms with van der Waals surface area (Å²) in [5.74, 6) is -1.42. The number of fused-ring (bicyclic) bond motifs is 3. The Morgan fingerprint density at radius 3 is 2.19 bits per heavy atom. The van der Waals surface area contributed by atoms with Crippen LogP contribution in [0, 0.1) is 0 Å². The predicted octanol–water partition coefficient (Wildman–Crippen LogP) is 3.20. The van der Waals surface area contributed by atoms with E-state index >= 15 is 0 Å². The largest absolute Gasteiger partial charge is 0.480 e. The Bertz CT molecular complexity index is 794. The van der Waals surface area contributed by atoms with Gasteiger partial charge in [0.25, 0.3) is 0 Å². The molecule has 3 rings (SSSR count). The molecular weight excluding hydrogens is 357 g/mol. The summed E-state index contributed by atoms with van der Waals surface area (Å²) >= 11 is 0. The minimum absolute atomic E-state index is 0.0763. The highest BCUT2D eigenvalue weighted by molar-refractivity contribution is 7.17. The Hall–Kier alpha value is -2.76. The average Bonchev–Trinajstić information content (AvgIpc) is 2.97. The van der Waals surface area contributed by atoms with Gasteiger partial charge in [0.15, 0.2) is 6.04 Å². The quantitative estimate of drug-likeness (QED) is 0.723. The predicted molar refractivity (Wildman–Crippen MR) is 93.2 cm³/mol. The van der Waals surface area contributed by atoms with Crippen molar-refractivity contribution < 1.29 is 28.5 Å². The average molecular weight is 373 g/mol. The number of nitrogens with one attached hydrogen (secondary N) is 1. The topological polar surface area (TPSA) is 102 Å². The molecule has 1 amide bonds. The first-order valence-corrected chi connectivity index (χ1v) is 8.63. The number of aliphatic carboxylic acids is 1. The summed E-state index contributed by atoms with van der Waals surface area (Å²) in [4.78, 5) is 23.0. The molecule has 0 unspecified atom stereocenters. The molecule has 0 aliphatic heterocycles. The fraction of sp³-hybridized carbons (Fsp3) is 0.222. The number of hydrogen-bond acceptors (Lipinski definition) is 5. The minimum Gasteiger partial charge on any atom is -0.480 e. The SMILES string of the molecule is O=POC[C@H](NC(=O)OCC1c2ccccc2-c2ccccc21)C(=O)O. The Kier molecular flexibility index (Phi) is 5.61. The monoisotopic (exact) mass is 373 g/mol. The molecule has 1 aliphatic rings. The normalized spacial score (nSPS) is 13.7. The number of rotatable bonds is 7. The summed E-state index contributed by atoms with van der Waals surface area (Å²) in [6.45, 7) is -0.350. The van der Waals surface area contributed by atoms with Crippen LogP contribution in [0.15, 0.2) is 48.5 Å². The molecule has 0 aromatic heterocycles. The molecule has 0 bridgehead atoms. The van der Waals surface area contributed by atoms with Gasteiger partial charge in [-0.15, -0.1) is 0 Å². The van der Waals surface area contributed by atoms with Crippen LogP contribution in [0.4, 0.5) is 4.79 Å². The molecule has 1 aliphatic carbocycles. The van der Waals surface area contributed by atoms with Crippen molar-refractivity contribution in [3.8, 4) is 11.1 Å². The Morgan fingerprint density at radius 2 is 1.65 bits per heavy atom. The van der Waals surface area contributed by atoms with E-state index in [1.807, 2.05) is 48.5 Å². The maximum absolute atomic E-state index is 12.0. The molecule has 2 aromatic rings. The number of carbonyl (C=O) groups is 2. The Labute approximate surface area is 151 Å². The first-order valence-electron chi connectivity index (χ1n) is 7.90. The van der Waals surface area contributed by atoms with Crippen LogP contribution in [0.5, 0.6) is 0 Å². The number of amides is 1. The van der Waals surface area contributed by atoms with E-state index in [9.17, 15) is 14.2 Å². The van der Waals surface area contributed by atoms with Crippen LogP contribution in [-0.4, -0.2) is 36.4 Å². The fourth-order valence-electron chi connectivity index (χ4n) is 3.06. The Balaban J connectivity index is 1.69. The molecule has 0 fully saturated rings. The van der Waals surface area contributed by atoms with E-state index < -0.39 is 33.4 Å². The zero-order valence-corrected chi connectivity index (χ0v) is 14.5. The number of hydrogen-bond donors (Lipinski definition) is 2. The number of benzene rings is 2. The zero-order valence-electron chi connectivity index (χ0n) is 13.6. The van der Waals surface area contributed by atoms with Crippen LogP contribution >= 0.6 is 8.69 Å². The van der Waals surface area contributed by atoms with Gasteiger partial charge >= 0.3 is 20.7 Å². The third kappa shape index (κ3) is 3.74. The van der Waals surface area contributed by atoms with Crippen molar-refractivity contribution in [3.63, 3.8) is 0 Å². The van der Waals surface area contributed by atoms with Crippen molar-refractivity contribution in [1.82, 2.24) is 5.32 Å². The smallest absolute Gasteiger partial charge is 0.407 e. The second kappa shape index (κ2) is 8.08. The lowest BCUT2D eigenvalue weighted by molar-refractivity contribution is -0.140. The number of alkyl carbamates (subject to hydrolysis) is 1. The highest BCUT2D eigenvalue weighted by Gasteiger charge is 2.29. The lowest BCUT2D eigenvalue weighted by atomic mass is 9.98. The third-order valence-electron chi connectivity index (χ3n) is 4.23. The van der Waals surface area contributed by atoms with Gasteiger partial charge in [0.05, 0.1) is 6.61 Å². The first-order chi connectivity index (χ1) is 12.6. The zero-order chi connectivity index (χ0) is 18.5. The molecule has 2 aromatic carbocycles. The summed E-state index contributed by atoms with van der Waals surface area (Å²) < 4.78 is 20.0. The van der Waals surface area contributed by atoms with Crippen molar-refractivity contribution in [2.24, 2.45) is 0 Å². The highest BCUT2D eigenvalue weighted by Crippen LogP contribution is 2.44. The first kappa shape index (κ1) is 18.0.